The predicted molar refractivity (Wildman–Crippen MR) is 301 cm³/mol. The number of nitrogens with one attached hydrogen (secondary N) is 1. The molecule has 0 aromatic rings. The fourth-order valence-electron chi connectivity index (χ4n) is 10.3. The van der Waals surface area contributed by atoms with Gasteiger partial charge in [-0.25, -0.2) is 0 Å². The third-order valence-electron chi connectivity index (χ3n) is 15.2. The van der Waals surface area contributed by atoms with Gasteiger partial charge in [-0.2, -0.15) is 0 Å². The highest BCUT2D eigenvalue weighted by atomic mass is 16.5. The largest absolute Gasteiger partial charge is 0.466 e. The van der Waals surface area contributed by atoms with Gasteiger partial charge >= 0.3 is 5.97 Å². The molecule has 412 valence electrons. The first kappa shape index (κ1) is 67.9. The summed E-state index contributed by atoms with van der Waals surface area (Å²) in [7, 11) is 0. The van der Waals surface area contributed by atoms with Crippen LogP contribution in [0.5, 0.6) is 0 Å². The van der Waals surface area contributed by atoms with E-state index in [1.165, 1.54) is 289 Å². The van der Waals surface area contributed by atoms with E-state index in [1.807, 2.05) is 0 Å². The smallest absolute Gasteiger partial charge is 0.305 e. The van der Waals surface area contributed by atoms with Crippen LogP contribution in [0.3, 0.4) is 0 Å². The molecule has 6 nitrogen and oxygen atoms in total. The fraction of sp³-hybridized carbons (Fsp3) is 0.968. The molecule has 0 saturated carbocycles. The minimum absolute atomic E-state index is 0.00441. The van der Waals surface area contributed by atoms with E-state index in [2.05, 4.69) is 19.2 Å². The van der Waals surface area contributed by atoms with Crippen LogP contribution in [0.25, 0.3) is 0 Å². The number of unbranched alkanes of at least 4 members (excludes halogenated alkanes) is 49. The maximum Gasteiger partial charge on any atom is 0.305 e. The van der Waals surface area contributed by atoms with Crippen LogP contribution in [-0.2, 0) is 14.3 Å². The molecule has 69 heavy (non-hydrogen) atoms. The van der Waals surface area contributed by atoms with Crippen molar-refractivity contribution in [2.75, 3.05) is 13.2 Å². The Bertz CT molecular complexity index is 990. The van der Waals surface area contributed by atoms with Gasteiger partial charge in [-0.3, -0.25) is 9.59 Å². The first-order chi connectivity index (χ1) is 34.0. The normalized spacial score (nSPS) is 12.5. The molecule has 0 fully saturated rings. The molecule has 0 aliphatic heterocycles. The predicted octanol–water partition coefficient (Wildman–Crippen LogP) is 19.9. The Balaban J connectivity index is 3.41. The van der Waals surface area contributed by atoms with E-state index in [0.29, 0.717) is 25.9 Å². The Morgan fingerprint density at radius 1 is 0.348 bits per heavy atom. The second kappa shape index (κ2) is 59.4. The van der Waals surface area contributed by atoms with Crippen molar-refractivity contribution in [3.63, 3.8) is 0 Å². The Kier molecular flexibility index (Phi) is 58.4. The van der Waals surface area contributed by atoms with Crippen molar-refractivity contribution in [2.24, 2.45) is 0 Å². The van der Waals surface area contributed by atoms with Crippen molar-refractivity contribution >= 4 is 11.9 Å². The molecule has 0 radical (unpaired) electrons. The Labute approximate surface area is 432 Å². The van der Waals surface area contributed by atoms with Gasteiger partial charge in [0.1, 0.15) is 0 Å². The number of hydrogen-bond donors (Lipinski definition) is 3. The van der Waals surface area contributed by atoms with Crippen LogP contribution in [0.15, 0.2) is 0 Å². The second-order valence-electron chi connectivity index (χ2n) is 22.1. The molecule has 1 amide bonds. The van der Waals surface area contributed by atoms with E-state index >= 15 is 0 Å². The summed E-state index contributed by atoms with van der Waals surface area (Å²) in [6.07, 6.45) is 69.7. The van der Waals surface area contributed by atoms with Gasteiger partial charge in [0.25, 0.3) is 0 Å². The Morgan fingerprint density at radius 3 is 0.884 bits per heavy atom. The van der Waals surface area contributed by atoms with Crippen molar-refractivity contribution < 1.29 is 24.5 Å². The van der Waals surface area contributed by atoms with Crippen LogP contribution >= 0.6 is 0 Å². The summed E-state index contributed by atoms with van der Waals surface area (Å²) in [4.78, 5) is 24.5. The summed E-state index contributed by atoms with van der Waals surface area (Å²) < 4.78 is 5.46. The maximum absolute atomic E-state index is 12.5. The lowest BCUT2D eigenvalue weighted by molar-refractivity contribution is -0.143. The maximum atomic E-state index is 12.5. The van der Waals surface area contributed by atoms with Gasteiger partial charge < -0.3 is 20.3 Å². The first-order valence-electron chi connectivity index (χ1n) is 31.8. The molecule has 0 aliphatic rings. The number of carbonyl (C=O) groups is 2. The minimum atomic E-state index is -0.669. The highest BCUT2D eigenvalue weighted by Crippen LogP contribution is 2.19. The summed E-state index contributed by atoms with van der Waals surface area (Å²) in [5.41, 5.74) is 0. The third-order valence-corrected chi connectivity index (χ3v) is 15.2. The number of carbonyl (C=O) groups excluding carboxylic acids is 2. The Hall–Kier alpha value is -1.14. The molecule has 0 aromatic carbocycles. The average molecular weight is 977 g/mol. The molecule has 0 spiro atoms. The molecule has 2 unspecified atom stereocenters. The molecule has 0 aromatic heterocycles. The van der Waals surface area contributed by atoms with Crippen LogP contribution in [0, 0.1) is 0 Å². The molecule has 3 N–H and O–H groups in total. The number of rotatable bonds is 60. The van der Waals surface area contributed by atoms with Crippen molar-refractivity contribution in [1.29, 1.82) is 0 Å². The van der Waals surface area contributed by atoms with Gasteiger partial charge in [0.15, 0.2) is 0 Å². The molecule has 0 heterocycles. The number of hydrogen-bond acceptors (Lipinski definition) is 5. The lowest BCUT2D eigenvalue weighted by Crippen LogP contribution is -2.45. The number of aliphatic hydroxyl groups excluding tert-OH is 2. The molecule has 0 saturated heterocycles. The summed E-state index contributed by atoms with van der Waals surface area (Å²) in [5, 5.41) is 23.4. The van der Waals surface area contributed by atoms with E-state index in [1.54, 1.807) is 0 Å². The van der Waals surface area contributed by atoms with Gasteiger partial charge in [-0.05, 0) is 25.7 Å². The average Bonchev–Trinajstić information content (AvgIpc) is 3.35. The van der Waals surface area contributed by atoms with E-state index < -0.39 is 12.1 Å². The van der Waals surface area contributed by atoms with Crippen LogP contribution in [0.4, 0.5) is 0 Å². The first-order valence-corrected chi connectivity index (χ1v) is 31.8. The standard InChI is InChI=1S/C63H125NO5/c1-3-5-7-9-11-13-15-16-17-18-19-20-21-22-23-24-25-26-29-32-36-39-43-47-51-55-61(66)60(59-65)64-62(67)56-52-48-44-40-37-33-30-27-28-31-34-38-42-46-50-54-58-69-63(68)57-53-49-45-41-35-14-12-10-8-6-4-2/h60-61,65-66H,3-59H2,1-2H3,(H,64,67). The summed E-state index contributed by atoms with van der Waals surface area (Å²) in [6.45, 7) is 4.97. The number of aliphatic hydroxyl groups is 2. The second-order valence-corrected chi connectivity index (χ2v) is 22.1. The van der Waals surface area contributed by atoms with Gasteiger partial charge in [-0.15, -0.1) is 0 Å². The highest BCUT2D eigenvalue weighted by Gasteiger charge is 2.20. The SMILES string of the molecule is CCCCCCCCCCCCCCCCCCCCCCCCCCCC(O)C(CO)NC(=O)CCCCCCCCCCCCCCCCCCOC(=O)CCCCCCCCCCCCC. The summed E-state index contributed by atoms with van der Waals surface area (Å²) in [6, 6.07) is -0.546. The van der Waals surface area contributed by atoms with Crippen LogP contribution in [0.1, 0.15) is 367 Å². The molecule has 0 rings (SSSR count). The van der Waals surface area contributed by atoms with E-state index in [4.69, 9.17) is 4.74 Å². The van der Waals surface area contributed by atoms with Gasteiger partial charge in [0, 0.05) is 12.8 Å². The number of amides is 1. The summed E-state index contributed by atoms with van der Waals surface area (Å²) >= 11 is 0. The van der Waals surface area contributed by atoms with Gasteiger partial charge in [0.05, 0.1) is 25.4 Å². The minimum Gasteiger partial charge on any atom is -0.466 e. The van der Waals surface area contributed by atoms with Crippen molar-refractivity contribution in [2.45, 2.75) is 379 Å². The Morgan fingerprint density at radius 2 is 0.594 bits per heavy atom. The molecule has 0 bridgehead atoms. The molecular weight excluding hydrogens is 851 g/mol. The summed E-state index contributed by atoms with van der Waals surface area (Å²) in [5.74, 6) is -0.0321. The quantitative estimate of drug-likeness (QED) is 0.0417. The van der Waals surface area contributed by atoms with Crippen LogP contribution in [0.2, 0.25) is 0 Å². The zero-order chi connectivity index (χ0) is 50.0. The third kappa shape index (κ3) is 56.0. The highest BCUT2D eigenvalue weighted by molar-refractivity contribution is 5.76. The van der Waals surface area contributed by atoms with Crippen molar-refractivity contribution in [3.05, 3.63) is 0 Å². The van der Waals surface area contributed by atoms with E-state index in [9.17, 15) is 19.8 Å². The van der Waals surface area contributed by atoms with Crippen molar-refractivity contribution in [1.82, 2.24) is 5.32 Å². The van der Waals surface area contributed by atoms with Gasteiger partial charge in [-0.1, -0.05) is 328 Å². The van der Waals surface area contributed by atoms with Gasteiger partial charge in [0.2, 0.25) is 5.91 Å². The van der Waals surface area contributed by atoms with Crippen LogP contribution < -0.4 is 5.32 Å². The lowest BCUT2D eigenvalue weighted by Gasteiger charge is -2.22. The zero-order valence-electron chi connectivity index (χ0n) is 47.1. The topological polar surface area (TPSA) is 95.9 Å². The molecule has 2 atom stereocenters. The molecule has 0 aliphatic carbocycles. The van der Waals surface area contributed by atoms with Crippen LogP contribution in [-0.4, -0.2) is 47.4 Å². The lowest BCUT2D eigenvalue weighted by atomic mass is 10.0. The zero-order valence-corrected chi connectivity index (χ0v) is 47.1. The molecule has 6 heteroatoms. The monoisotopic (exact) mass is 976 g/mol. The van der Waals surface area contributed by atoms with E-state index in [0.717, 1.165) is 44.9 Å². The number of esters is 1. The van der Waals surface area contributed by atoms with Crippen molar-refractivity contribution in [3.8, 4) is 0 Å². The number of ether oxygens (including phenoxy) is 1. The van der Waals surface area contributed by atoms with E-state index in [-0.39, 0.29) is 18.5 Å². The molecular formula is C63H125NO5. The fourth-order valence-corrected chi connectivity index (χ4v) is 10.3.